The van der Waals surface area contributed by atoms with Crippen molar-refractivity contribution in [3.05, 3.63) is 81.9 Å². The second-order valence-electron chi connectivity index (χ2n) is 7.06. The Kier molecular flexibility index (Phi) is 3.59. The van der Waals surface area contributed by atoms with Crippen molar-refractivity contribution in [3.8, 4) is 23.0 Å². The van der Waals surface area contributed by atoms with Crippen LogP contribution in [-0.4, -0.2) is 27.3 Å². The lowest BCUT2D eigenvalue weighted by Gasteiger charge is -2.36. The van der Waals surface area contributed by atoms with Crippen molar-refractivity contribution in [2.45, 2.75) is 12.1 Å². The van der Waals surface area contributed by atoms with Crippen LogP contribution in [-0.2, 0) is 16.9 Å². The Hall–Kier alpha value is -4.04. The van der Waals surface area contributed by atoms with E-state index in [1.165, 1.54) is 36.4 Å². The first-order valence-electron chi connectivity index (χ1n) is 9.04. The lowest BCUT2D eigenvalue weighted by Crippen LogP contribution is -2.33. The Balaban J connectivity index is 1.90. The summed E-state index contributed by atoms with van der Waals surface area (Å²) in [5, 5.41) is 29.4. The summed E-state index contributed by atoms with van der Waals surface area (Å²) in [4.78, 5) is 24.7. The van der Waals surface area contributed by atoms with Gasteiger partial charge in [-0.05, 0) is 35.9 Å². The molecule has 8 nitrogen and oxygen atoms in total. The second-order valence-corrected chi connectivity index (χ2v) is 7.06. The van der Waals surface area contributed by atoms with E-state index in [9.17, 15) is 24.9 Å². The van der Waals surface area contributed by atoms with Crippen molar-refractivity contribution in [3.63, 3.8) is 0 Å². The van der Waals surface area contributed by atoms with Gasteiger partial charge in [-0.15, -0.1) is 0 Å². The van der Waals surface area contributed by atoms with Crippen LogP contribution < -0.4 is 10.5 Å². The van der Waals surface area contributed by atoms with E-state index >= 15 is 0 Å². The number of esters is 1. The Morgan fingerprint density at radius 2 is 1.50 bits per heavy atom. The summed E-state index contributed by atoms with van der Waals surface area (Å²) in [6.45, 7) is -0.169. The number of nitrogens with two attached hydrogens (primary N) is 1. The zero-order valence-electron chi connectivity index (χ0n) is 15.4. The van der Waals surface area contributed by atoms with Gasteiger partial charge in [-0.3, -0.25) is 0 Å². The zero-order valence-corrected chi connectivity index (χ0v) is 15.4. The first-order chi connectivity index (χ1) is 14.4. The molecule has 5 N–H and O–H groups in total. The van der Waals surface area contributed by atoms with Crippen LogP contribution in [0.15, 0.2) is 48.5 Å². The van der Waals surface area contributed by atoms with Gasteiger partial charge in [-0.1, -0.05) is 6.07 Å². The van der Waals surface area contributed by atoms with Crippen LogP contribution in [0.4, 0.5) is 0 Å². The van der Waals surface area contributed by atoms with Crippen LogP contribution in [0.3, 0.4) is 0 Å². The van der Waals surface area contributed by atoms with E-state index in [0.717, 1.165) is 0 Å². The molecule has 0 saturated carbocycles. The van der Waals surface area contributed by atoms with E-state index in [0.29, 0.717) is 16.7 Å². The second kappa shape index (κ2) is 5.98. The van der Waals surface area contributed by atoms with E-state index in [2.05, 4.69) is 0 Å². The molecule has 2 aliphatic rings. The number of benzene rings is 3. The number of carbonyl (C=O) groups is 2. The van der Waals surface area contributed by atoms with Gasteiger partial charge in [0, 0.05) is 35.4 Å². The van der Waals surface area contributed by atoms with E-state index in [1.807, 2.05) is 0 Å². The molecule has 0 radical (unpaired) electrons. The van der Waals surface area contributed by atoms with Crippen molar-refractivity contribution in [2.75, 3.05) is 0 Å². The normalized spacial score (nSPS) is 15.0. The molecule has 3 aromatic rings. The first kappa shape index (κ1) is 18.0. The van der Waals surface area contributed by atoms with Gasteiger partial charge in [0.1, 0.15) is 23.0 Å². The maximum atomic E-state index is 13.0. The monoisotopic (exact) mass is 405 g/mol. The maximum Gasteiger partial charge on any atom is 0.340 e. The molecule has 0 fully saturated rings. The third kappa shape index (κ3) is 2.19. The van der Waals surface area contributed by atoms with E-state index < -0.39 is 17.5 Å². The zero-order chi connectivity index (χ0) is 21.2. The highest BCUT2D eigenvalue weighted by Crippen LogP contribution is 2.57. The van der Waals surface area contributed by atoms with Crippen molar-refractivity contribution in [2.24, 2.45) is 5.73 Å². The van der Waals surface area contributed by atoms with Crippen LogP contribution >= 0.6 is 0 Å². The predicted molar refractivity (Wildman–Crippen MR) is 103 cm³/mol. The number of aromatic carboxylic acids is 1. The van der Waals surface area contributed by atoms with Crippen LogP contribution in [0, 0.1) is 0 Å². The number of carbonyl (C=O) groups excluding carboxylic acids is 1. The number of hydrogen-bond donors (Lipinski definition) is 4. The Bertz CT molecular complexity index is 1210. The third-order valence-electron chi connectivity index (χ3n) is 5.49. The molecule has 0 bridgehead atoms. The number of carboxylic acid groups (broad SMARTS) is 1. The third-order valence-corrected chi connectivity index (χ3v) is 5.49. The van der Waals surface area contributed by atoms with Gasteiger partial charge in [-0.25, -0.2) is 9.59 Å². The fourth-order valence-corrected chi connectivity index (χ4v) is 4.27. The molecule has 2 aliphatic heterocycles. The molecule has 2 heterocycles. The Morgan fingerprint density at radius 3 is 2.03 bits per heavy atom. The quantitative estimate of drug-likeness (QED) is 0.477. The van der Waals surface area contributed by atoms with Gasteiger partial charge in [0.15, 0.2) is 5.60 Å². The number of aromatic hydroxyl groups is 2. The molecule has 1 spiro atoms. The minimum Gasteiger partial charge on any atom is -0.508 e. The number of carboxylic acids is 1. The number of fused-ring (bicyclic) bond motifs is 6. The van der Waals surface area contributed by atoms with E-state index in [4.69, 9.17) is 15.2 Å². The molecule has 0 atom stereocenters. The molecular weight excluding hydrogens is 390 g/mol. The molecule has 0 amide bonds. The van der Waals surface area contributed by atoms with Gasteiger partial charge >= 0.3 is 11.9 Å². The molecule has 150 valence electrons. The van der Waals surface area contributed by atoms with Crippen molar-refractivity contribution in [1.29, 1.82) is 0 Å². The van der Waals surface area contributed by atoms with Crippen molar-refractivity contribution >= 4 is 11.9 Å². The smallest absolute Gasteiger partial charge is 0.340 e. The average molecular weight is 405 g/mol. The molecule has 30 heavy (non-hydrogen) atoms. The Labute approximate surface area is 169 Å². The molecule has 0 unspecified atom stereocenters. The van der Waals surface area contributed by atoms with Gasteiger partial charge in [0.2, 0.25) is 0 Å². The fraction of sp³-hybridized carbons (Fsp3) is 0.0909. The lowest BCUT2D eigenvalue weighted by atomic mass is 9.76. The molecule has 5 rings (SSSR count). The molecule has 3 aromatic carbocycles. The number of rotatable bonds is 2. The minimum absolute atomic E-state index is 0.0547. The Morgan fingerprint density at radius 1 is 0.933 bits per heavy atom. The highest BCUT2D eigenvalue weighted by atomic mass is 16.6. The topological polar surface area (TPSA) is 139 Å². The minimum atomic E-state index is -1.45. The first-order valence-corrected chi connectivity index (χ1v) is 9.04. The molecule has 0 aliphatic carbocycles. The summed E-state index contributed by atoms with van der Waals surface area (Å²) >= 11 is 0. The van der Waals surface area contributed by atoms with E-state index in [-0.39, 0.29) is 46.2 Å². The number of ether oxygens (including phenoxy) is 2. The molecule has 0 aromatic heterocycles. The average Bonchev–Trinajstić information content (AvgIpc) is 3.00. The number of phenolic OH excluding ortho intramolecular Hbond substituents is 2. The highest BCUT2D eigenvalue weighted by Gasteiger charge is 2.54. The summed E-state index contributed by atoms with van der Waals surface area (Å²) in [6, 6.07) is 11.7. The lowest BCUT2D eigenvalue weighted by molar-refractivity contribution is 0.0223. The largest absolute Gasteiger partial charge is 0.508 e. The van der Waals surface area contributed by atoms with Gasteiger partial charge < -0.3 is 30.5 Å². The van der Waals surface area contributed by atoms with Crippen molar-refractivity contribution < 1.29 is 34.4 Å². The molecule has 8 heteroatoms. The summed E-state index contributed by atoms with van der Waals surface area (Å²) in [5.41, 5.74) is 5.88. The van der Waals surface area contributed by atoms with Gasteiger partial charge in [0.25, 0.3) is 0 Å². The summed E-state index contributed by atoms with van der Waals surface area (Å²) < 4.78 is 11.8. The van der Waals surface area contributed by atoms with E-state index in [1.54, 1.807) is 12.1 Å². The molecular formula is C22H15NO7. The molecule has 0 saturated heterocycles. The van der Waals surface area contributed by atoms with Crippen LogP contribution in [0.1, 0.15) is 43.0 Å². The maximum absolute atomic E-state index is 13.0. The summed E-state index contributed by atoms with van der Waals surface area (Å²) in [6.07, 6.45) is 0. The van der Waals surface area contributed by atoms with Crippen LogP contribution in [0.2, 0.25) is 0 Å². The summed E-state index contributed by atoms with van der Waals surface area (Å²) in [7, 11) is 0. The van der Waals surface area contributed by atoms with Gasteiger partial charge in [0.05, 0.1) is 11.1 Å². The fourth-order valence-electron chi connectivity index (χ4n) is 4.27. The SMILES string of the molecule is NCc1c(C(=O)O)ccc2c1C(=O)OC21c2ccc(O)cc2Oc2cc(O)ccc21. The highest BCUT2D eigenvalue weighted by molar-refractivity contribution is 6.02. The predicted octanol–water partition coefficient (Wildman–Crippen LogP) is 2.82. The van der Waals surface area contributed by atoms with Crippen LogP contribution in [0.25, 0.3) is 0 Å². The summed E-state index contributed by atoms with van der Waals surface area (Å²) in [5.74, 6) is -1.54. The van der Waals surface area contributed by atoms with Crippen LogP contribution in [0.5, 0.6) is 23.0 Å². The number of phenols is 2. The number of hydrogen-bond acceptors (Lipinski definition) is 7. The van der Waals surface area contributed by atoms with Gasteiger partial charge in [-0.2, -0.15) is 0 Å². The van der Waals surface area contributed by atoms with Crippen molar-refractivity contribution in [1.82, 2.24) is 0 Å². The standard InChI is InChI=1S/C22H15NO7/c23-9-13-12(20(26)27)3-6-16-19(13)21(28)30-22(16)14-4-1-10(24)7-17(14)29-18-8-11(25)2-5-15(18)22/h1-8,24-25H,9,23H2,(H,26,27).